The van der Waals surface area contributed by atoms with Gasteiger partial charge in [-0.3, -0.25) is 4.79 Å². The summed E-state index contributed by atoms with van der Waals surface area (Å²) < 4.78 is 0. The predicted octanol–water partition coefficient (Wildman–Crippen LogP) is 3.52. The van der Waals surface area contributed by atoms with Crippen LogP contribution in [0.4, 0.5) is 5.69 Å². The summed E-state index contributed by atoms with van der Waals surface area (Å²) in [5, 5.41) is 3.10. The van der Waals surface area contributed by atoms with Crippen LogP contribution in [0.25, 0.3) is 0 Å². The Kier molecular flexibility index (Phi) is 4.28. The first-order valence-corrected chi connectivity index (χ1v) is 6.69. The van der Waals surface area contributed by atoms with Crippen molar-refractivity contribution in [3.63, 3.8) is 0 Å². The number of rotatable bonds is 3. The summed E-state index contributed by atoms with van der Waals surface area (Å²) in [6.45, 7) is 12.5. The largest absolute Gasteiger partial charge is 0.399 e. The first kappa shape index (κ1) is 15.5. The fourth-order valence-electron chi connectivity index (χ4n) is 2.57. The van der Waals surface area contributed by atoms with E-state index in [2.05, 4.69) is 39.9 Å². The summed E-state index contributed by atoms with van der Waals surface area (Å²) in [4.78, 5) is 12.3. The Hall–Kier alpha value is -1.51. The molecule has 0 atom stereocenters. The highest BCUT2D eigenvalue weighted by molar-refractivity contribution is 5.95. The maximum Gasteiger partial charge on any atom is 0.251 e. The van der Waals surface area contributed by atoms with Crippen LogP contribution in [0.2, 0.25) is 0 Å². The van der Waals surface area contributed by atoms with Gasteiger partial charge in [-0.15, -0.1) is 0 Å². The number of carbonyl (C=O) groups is 1. The molecule has 1 amide bonds. The van der Waals surface area contributed by atoms with E-state index in [1.54, 1.807) is 12.1 Å². The Balaban J connectivity index is 2.81. The van der Waals surface area contributed by atoms with E-state index in [0.29, 0.717) is 11.3 Å². The molecule has 1 rings (SSSR count). The molecule has 0 heterocycles. The molecule has 0 spiro atoms. The molecule has 3 nitrogen and oxygen atoms in total. The molecule has 0 aliphatic heterocycles. The van der Waals surface area contributed by atoms with E-state index in [0.717, 1.165) is 12.0 Å². The number of carbonyl (C=O) groups excluding carboxylic acids is 1. The number of anilines is 1. The molecule has 0 saturated heterocycles. The summed E-state index contributed by atoms with van der Waals surface area (Å²) in [6.07, 6.45) is 0.916. The predicted molar refractivity (Wildman–Crippen MR) is 81.2 cm³/mol. The minimum absolute atomic E-state index is 0.0441. The molecule has 0 radical (unpaired) electrons. The first-order chi connectivity index (χ1) is 8.50. The van der Waals surface area contributed by atoms with Crippen molar-refractivity contribution < 1.29 is 4.79 Å². The van der Waals surface area contributed by atoms with Gasteiger partial charge in [-0.05, 0) is 56.4 Å². The molecule has 3 N–H and O–H groups in total. The Morgan fingerprint density at radius 3 is 2.26 bits per heavy atom. The van der Waals surface area contributed by atoms with E-state index in [9.17, 15) is 4.79 Å². The second-order valence-electron chi connectivity index (χ2n) is 7.15. The van der Waals surface area contributed by atoms with Crippen LogP contribution in [0, 0.1) is 12.3 Å². The van der Waals surface area contributed by atoms with Gasteiger partial charge in [0.2, 0.25) is 0 Å². The SMILES string of the molecule is Cc1cc(C(=O)NC(C)(C)CC(C)(C)C)ccc1N. The Labute approximate surface area is 116 Å². The summed E-state index contributed by atoms with van der Waals surface area (Å²) in [5.41, 5.74) is 8.02. The fraction of sp³-hybridized carbons (Fsp3) is 0.562. The van der Waals surface area contributed by atoms with Gasteiger partial charge in [0.15, 0.2) is 0 Å². The van der Waals surface area contributed by atoms with E-state index in [4.69, 9.17) is 5.73 Å². The van der Waals surface area contributed by atoms with Crippen LogP contribution in [0.1, 0.15) is 57.0 Å². The minimum atomic E-state index is -0.232. The number of amides is 1. The number of nitrogens with two attached hydrogens (primary N) is 1. The van der Waals surface area contributed by atoms with Crippen LogP contribution in [0.15, 0.2) is 18.2 Å². The molecule has 1 aromatic rings. The van der Waals surface area contributed by atoms with Crippen LogP contribution in [0.3, 0.4) is 0 Å². The molecule has 3 heteroatoms. The van der Waals surface area contributed by atoms with Gasteiger partial charge in [0.25, 0.3) is 5.91 Å². The quantitative estimate of drug-likeness (QED) is 0.819. The highest BCUT2D eigenvalue weighted by Gasteiger charge is 2.27. The molecule has 0 fully saturated rings. The van der Waals surface area contributed by atoms with Gasteiger partial charge in [-0.25, -0.2) is 0 Å². The maximum atomic E-state index is 12.3. The van der Waals surface area contributed by atoms with Gasteiger partial charge < -0.3 is 11.1 Å². The minimum Gasteiger partial charge on any atom is -0.399 e. The van der Waals surface area contributed by atoms with Gasteiger partial charge in [-0.2, -0.15) is 0 Å². The summed E-state index contributed by atoms with van der Waals surface area (Å²) in [7, 11) is 0. The summed E-state index contributed by atoms with van der Waals surface area (Å²) >= 11 is 0. The van der Waals surface area contributed by atoms with Crippen molar-refractivity contribution in [1.82, 2.24) is 5.32 Å². The molecule has 1 aromatic carbocycles. The zero-order valence-electron chi connectivity index (χ0n) is 12.9. The van der Waals surface area contributed by atoms with Crippen molar-refractivity contribution in [2.45, 2.75) is 53.5 Å². The lowest BCUT2D eigenvalue weighted by Crippen LogP contribution is -2.45. The summed E-state index contributed by atoms with van der Waals surface area (Å²) in [5.74, 6) is -0.0441. The van der Waals surface area contributed by atoms with Crippen molar-refractivity contribution >= 4 is 11.6 Å². The standard InChI is InChI=1S/C16H26N2O/c1-11-9-12(7-8-13(11)17)14(19)18-16(5,6)10-15(2,3)4/h7-9H,10,17H2,1-6H3,(H,18,19). The molecule has 0 aromatic heterocycles. The highest BCUT2D eigenvalue weighted by Crippen LogP contribution is 2.27. The molecule has 106 valence electrons. The molecular weight excluding hydrogens is 236 g/mol. The lowest BCUT2D eigenvalue weighted by atomic mass is 9.81. The first-order valence-electron chi connectivity index (χ1n) is 6.69. The van der Waals surface area contributed by atoms with Crippen molar-refractivity contribution in [2.24, 2.45) is 5.41 Å². The zero-order valence-corrected chi connectivity index (χ0v) is 12.9. The number of hydrogen-bond donors (Lipinski definition) is 2. The molecule has 0 aliphatic rings. The maximum absolute atomic E-state index is 12.3. The van der Waals surface area contributed by atoms with Crippen molar-refractivity contribution in [2.75, 3.05) is 5.73 Å². The highest BCUT2D eigenvalue weighted by atomic mass is 16.1. The van der Waals surface area contributed by atoms with Gasteiger partial charge in [0.1, 0.15) is 0 Å². The Morgan fingerprint density at radius 1 is 1.21 bits per heavy atom. The lowest BCUT2D eigenvalue weighted by Gasteiger charge is -2.33. The Morgan fingerprint density at radius 2 is 1.79 bits per heavy atom. The molecular formula is C16H26N2O. The van der Waals surface area contributed by atoms with E-state index in [1.165, 1.54) is 0 Å². The molecule has 0 unspecified atom stereocenters. The number of benzene rings is 1. The number of nitrogens with one attached hydrogen (secondary N) is 1. The fourth-order valence-corrected chi connectivity index (χ4v) is 2.57. The van der Waals surface area contributed by atoms with E-state index < -0.39 is 0 Å². The van der Waals surface area contributed by atoms with Gasteiger partial charge in [0.05, 0.1) is 0 Å². The van der Waals surface area contributed by atoms with Crippen LogP contribution in [-0.2, 0) is 0 Å². The van der Waals surface area contributed by atoms with Crippen LogP contribution < -0.4 is 11.1 Å². The third-order valence-electron chi connectivity index (χ3n) is 2.96. The average Bonchev–Trinajstić information content (AvgIpc) is 2.17. The lowest BCUT2D eigenvalue weighted by molar-refractivity contribution is 0.0891. The normalized spacial score (nSPS) is 12.3. The summed E-state index contributed by atoms with van der Waals surface area (Å²) in [6, 6.07) is 5.38. The van der Waals surface area contributed by atoms with Crippen molar-refractivity contribution in [1.29, 1.82) is 0 Å². The molecule has 0 saturated carbocycles. The Bertz CT molecular complexity index is 470. The number of aryl methyl sites for hydroxylation is 1. The second kappa shape index (κ2) is 5.24. The van der Waals surface area contributed by atoms with Gasteiger partial charge in [-0.1, -0.05) is 20.8 Å². The van der Waals surface area contributed by atoms with E-state index in [1.807, 2.05) is 13.0 Å². The van der Waals surface area contributed by atoms with Crippen LogP contribution in [-0.4, -0.2) is 11.4 Å². The average molecular weight is 262 g/mol. The third kappa shape index (κ3) is 4.93. The monoisotopic (exact) mass is 262 g/mol. The van der Waals surface area contributed by atoms with Gasteiger partial charge in [0, 0.05) is 16.8 Å². The topological polar surface area (TPSA) is 55.1 Å². The van der Waals surface area contributed by atoms with E-state index >= 15 is 0 Å². The van der Waals surface area contributed by atoms with E-state index in [-0.39, 0.29) is 16.9 Å². The third-order valence-corrected chi connectivity index (χ3v) is 2.96. The molecule has 19 heavy (non-hydrogen) atoms. The smallest absolute Gasteiger partial charge is 0.251 e. The van der Waals surface area contributed by atoms with Crippen molar-refractivity contribution in [3.8, 4) is 0 Å². The van der Waals surface area contributed by atoms with Crippen molar-refractivity contribution in [3.05, 3.63) is 29.3 Å². The van der Waals surface area contributed by atoms with Crippen LogP contribution in [0.5, 0.6) is 0 Å². The molecule has 0 aliphatic carbocycles. The number of hydrogen-bond acceptors (Lipinski definition) is 2. The molecule has 0 bridgehead atoms. The second-order valence-corrected chi connectivity index (χ2v) is 7.15. The van der Waals surface area contributed by atoms with Crippen LogP contribution >= 0.6 is 0 Å². The van der Waals surface area contributed by atoms with Gasteiger partial charge >= 0.3 is 0 Å². The number of nitrogen functional groups attached to an aromatic ring is 1. The zero-order chi connectivity index (χ0) is 14.8.